The minimum absolute atomic E-state index is 0.0262. The van der Waals surface area contributed by atoms with Gasteiger partial charge in [0.25, 0.3) is 0 Å². The van der Waals surface area contributed by atoms with Crippen molar-refractivity contribution >= 4 is 57.4 Å². The summed E-state index contributed by atoms with van der Waals surface area (Å²) in [5.41, 5.74) is 5.25. The Morgan fingerprint density at radius 2 is 1.68 bits per heavy atom. The van der Waals surface area contributed by atoms with Crippen molar-refractivity contribution in [2.45, 2.75) is 41.0 Å². The number of carboxylic acids is 1. The summed E-state index contributed by atoms with van der Waals surface area (Å²) in [5.74, 6) is -1.12. The molecule has 0 aliphatic carbocycles. The lowest BCUT2D eigenvalue weighted by Crippen LogP contribution is -2.17. The third kappa shape index (κ3) is 6.31. The molecule has 0 aliphatic heterocycles. The zero-order valence-corrected chi connectivity index (χ0v) is 26.5. The maximum Gasteiger partial charge on any atom is 0.349 e. The number of aromatic nitrogens is 1. The van der Waals surface area contributed by atoms with Gasteiger partial charge in [-0.3, -0.25) is 9.65 Å². The lowest BCUT2D eigenvalue weighted by molar-refractivity contribution is 0.0703. The molecule has 9 heteroatoms. The van der Waals surface area contributed by atoms with Crippen LogP contribution in [0.4, 0.5) is 5.82 Å². The summed E-state index contributed by atoms with van der Waals surface area (Å²) >= 11 is 2.80. The summed E-state index contributed by atoms with van der Waals surface area (Å²) in [6.07, 6.45) is 1.03. The fourth-order valence-electron chi connectivity index (χ4n) is 4.86. The number of hydrogen-bond donors (Lipinski definition) is 2. The highest BCUT2D eigenvalue weighted by Gasteiger charge is 2.31. The van der Waals surface area contributed by atoms with E-state index in [0.717, 1.165) is 40.0 Å². The summed E-state index contributed by atoms with van der Waals surface area (Å²) in [7, 11) is -2.28. The highest BCUT2D eigenvalue weighted by atomic mass is 32.1. The average molecular weight is 605 g/mol. The van der Waals surface area contributed by atoms with Gasteiger partial charge in [0, 0.05) is 22.3 Å². The highest BCUT2D eigenvalue weighted by Crippen LogP contribution is 2.47. The van der Waals surface area contributed by atoms with E-state index in [1.807, 2.05) is 50.2 Å². The van der Waals surface area contributed by atoms with Crippen molar-refractivity contribution < 1.29 is 19.0 Å². The lowest BCUT2D eigenvalue weighted by Gasteiger charge is -2.20. The van der Waals surface area contributed by atoms with Gasteiger partial charge in [0.15, 0.2) is 10.7 Å². The van der Waals surface area contributed by atoms with Gasteiger partial charge >= 0.3 is 13.5 Å². The first kappa shape index (κ1) is 29.2. The smallest absolute Gasteiger partial charge is 0.349 e. The van der Waals surface area contributed by atoms with Gasteiger partial charge in [0.1, 0.15) is 5.01 Å². The van der Waals surface area contributed by atoms with Crippen molar-refractivity contribution in [3.8, 4) is 21.0 Å². The third-order valence-corrected chi connectivity index (χ3v) is 11.1. The Labute approximate surface area is 248 Å². The standard InChI is InChI=1S/C32H33N2O4PS2/c1-19-7-14-25(20(2)15-19)39(37,38-6)34-29-28(31(35)36)41-30(33-29)23-12-10-22(11-13-23)27-17-24-9-8-21(16-26(24)40-27)18-32(3,4)5/h7-17H,18H2,1-6H3,(H,34,37)(H,35,36). The number of fused-ring (bicyclic) bond motifs is 1. The van der Waals surface area contributed by atoms with Crippen molar-refractivity contribution in [3.63, 3.8) is 0 Å². The second kappa shape index (κ2) is 11.2. The van der Waals surface area contributed by atoms with Crippen molar-refractivity contribution in [3.05, 3.63) is 88.3 Å². The molecule has 0 bridgehead atoms. The average Bonchev–Trinajstić information content (AvgIpc) is 3.52. The highest BCUT2D eigenvalue weighted by molar-refractivity contribution is 7.68. The minimum atomic E-state index is -3.62. The molecular weight excluding hydrogens is 571 g/mol. The van der Waals surface area contributed by atoms with Gasteiger partial charge in [-0.1, -0.05) is 74.9 Å². The second-order valence-electron chi connectivity index (χ2n) is 11.4. The number of thiophene rings is 1. The normalized spacial score (nSPS) is 13.3. The Morgan fingerprint density at radius 1 is 0.976 bits per heavy atom. The van der Waals surface area contributed by atoms with Gasteiger partial charge in [0.05, 0.1) is 5.30 Å². The minimum Gasteiger partial charge on any atom is -0.477 e. The van der Waals surface area contributed by atoms with Gasteiger partial charge < -0.3 is 9.63 Å². The molecule has 1 unspecified atom stereocenters. The van der Waals surface area contributed by atoms with Crippen LogP contribution in [0.5, 0.6) is 0 Å². The molecule has 0 aliphatic rings. The molecule has 0 radical (unpaired) electrons. The first-order valence-electron chi connectivity index (χ1n) is 13.2. The fraction of sp³-hybridized carbons (Fsp3) is 0.250. The molecule has 41 heavy (non-hydrogen) atoms. The molecule has 0 fully saturated rings. The van der Waals surface area contributed by atoms with E-state index < -0.39 is 13.5 Å². The van der Waals surface area contributed by atoms with Crippen LogP contribution in [-0.4, -0.2) is 23.2 Å². The van der Waals surface area contributed by atoms with Gasteiger partial charge in [-0.2, -0.15) is 0 Å². The van der Waals surface area contributed by atoms with Crippen LogP contribution in [0.15, 0.2) is 66.7 Å². The zero-order valence-electron chi connectivity index (χ0n) is 23.9. The zero-order chi connectivity index (χ0) is 29.5. The predicted octanol–water partition coefficient (Wildman–Crippen LogP) is 9.17. The molecule has 0 saturated heterocycles. The van der Waals surface area contributed by atoms with Crippen molar-refractivity contribution in [1.82, 2.24) is 4.98 Å². The van der Waals surface area contributed by atoms with Gasteiger partial charge in [-0.05, 0) is 66.0 Å². The Kier molecular flexibility index (Phi) is 7.96. The van der Waals surface area contributed by atoms with E-state index >= 15 is 0 Å². The van der Waals surface area contributed by atoms with Crippen molar-refractivity contribution in [2.75, 3.05) is 12.2 Å². The number of benzene rings is 3. The molecule has 0 saturated carbocycles. The molecule has 5 aromatic rings. The monoisotopic (exact) mass is 604 g/mol. The summed E-state index contributed by atoms with van der Waals surface area (Å²) in [4.78, 5) is 17.8. The quantitative estimate of drug-likeness (QED) is 0.172. The Hall–Kier alpha value is -3.29. The first-order valence-corrected chi connectivity index (χ1v) is 16.5. The molecule has 0 amide bonds. The number of anilines is 1. The molecule has 6 nitrogen and oxygen atoms in total. The molecule has 212 valence electrons. The van der Waals surface area contributed by atoms with Crippen LogP contribution >= 0.6 is 30.2 Å². The van der Waals surface area contributed by atoms with Gasteiger partial charge in [0.2, 0.25) is 0 Å². The maximum atomic E-state index is 13.8. The summed E-state index contributed by atoms with van der Waals surface area (Å²) in [6.45, 7) is 10.6. The number of nitrogens with zero attached hydrogens (tertiary/aromatic N) is 1. The number of aromatic carboxylic acids is 1. The summed E-state index contributed by atoms with van der Waals surface area (Å²) < 4.78 is 20.5. The molecule has 3 aromatic carbocycles. The molecule has 0 spiro atoms. The van der Waals surface area contributed by atoms with Crippen LogP contribution in [0, 0.1) is 19.3 Å². The maximum absolute atomic E-state index is 13.8. The Bertz CT molecular complexity index is 1800. The predicted molar refractivity (Wildman–Crippen MR) is 172 cm³/mol. The first-order chi connectivity index (χ1) is 19.3. The second-order valence-corrected chi connectivity index (χ2v) is 15.7. The SMILES string of the molecule is COP(=O)(Nc1nc(-c2ccc(-c3cc4ccc(CC(C)(C)C)cc4s3)cc2)sc1C(=O)O)c1ccc(C)cc1C. The number of rotatable bonds is 8. The number of carbonyl (C=O) groups is 1. The van der Waals surface area contributed by atoms with E-state index in [9.17, 15) is 14.5 Å². The van der Waals surface area contributed by atoms with Crippen LogP contribution in [0.1, 0.15) is 47.1 Å². The number of aryl methyl sites for hydroxylation is 2. The lowest BCUT2D eigenvalue weighted by atomic mass is 9.88. The van der Waals surface area contributed by atoms with E-state index in [2.05, 4.69) is 55.1 Å². The molecule has 2 heterocycles. The number of hydrogen-bond acceptors (Lipinski definition) is 6. The van der Waals surface area contributed by atoms with E-state index in [0.29, 0.717) is 10.3 Å². The van der Waals surface area contributed by atoms with E-state index in [-0.39, 0.29) is 16.1 Å². The number of carboxylic acid groups (broad SMARTS) is 1. The van der Waals surface area contributed by atoms with E-state index in [4.69, 9.17) is 4.52 Å². The molecule has 2 N–H and O–H groups in total. The van der Waals surface area contributed by atoms with Crippen LogP contribution in [0.2, 0.25) is 0 Å². The van der Waals surface area contributed by atoms with Gasteiger partial charge in [-0.25, -0.2) is 9.78 Å². The van der Waals surface area contributed by atoms with Crippen LogP contribution in [-0.2, 0) is 15.5 Å². The van der Waals surface area contributed by atoms with Crippen LogP contribution in [0.25, 0.3) is 31.1 Å². The number of nitrogens with one attached hydrogen (secondary N) is 1. The summed E-state index contributed by atoms with van der Waals surface area (Å²) in [5, 5.41) is 15.0. The Morgan fingerprint density at radius 3 is 2.32 bits per heavy atom. The van der Waals surface area contributed by atoms with E-state index in [1.54, 1.807) is 17.4 Å². The fourth-order valence-corrected chi connectivity index (χ4v) is 8.58. The van der Waals surface area contributed by atoms with Crippen molar-refractivity contribution in [2.24, 2.45) is 5.41 Å². The largest absolute Gasteiger partial charge is 0.477 e. The summed E-state index contributed by atoms with van der Waals surface area (Å²) in [6, 6.07) is 22.4. The topological polar surface area (TPSA) is 88.5 Å². The number of thiazole rings is 1. The van der Waals surface area contributed by atoms with Gasteiger partial charge in [-0.15, -0.1) is 22.7 Å². The van der Waals surface area contributed by atoms with Crippen LogP contribution in [0.3, 0.4) is 0 Å². The molecule has 2 aromatic heterocycles. The van der Waals surface area contributed by atoms with Crippen molar-refractivity contribution in [1.29, 1.82) is 0 Å². The van der Waals surface area contributed by atoms with E-state index in [1.165, 1.54) is 27.6 Å². The Balaban J connectivity index is 1.43. The molecular formula is C32H33N2O4PS2. The van der Waals surface area contributed by atoms with Crippen LogP contribution < -0.4 is 10.4 Å². The molecule has 1 atom stereocenters. The third-order valence-electron chi connectivity index (χ3n) is 6.74. The molecule has 5 rings (SSSR count).